The van der Waals surface area contributed by atoms with E-state index in [2.05, 4.69) is 15.5 Å². The number of amides is 2. The van der Waals surface area contributed by atoms with E-state index in [1.807, 2.05) is 16.7 Å². The second-order valence-corrected chi connectivity index (χ2v) is 8.32. The molecule has 4 rings (SSSR count). The third-order valence-corrected chi connectivity index (χ3v) is 5.77. The largest absolute Gasteiger partial charge is 0.416 e. The first-order chi connectivity index (χ1) is 15.6. The Bertz CT molecular complexity index is 1130. The van der Waals surface area contributed by atoms with E-state index < -0.39 is 29.9 Å². The molecule has 7 nitrogen and oxygen atoms in total. The van der Waals surface area contributed by atoms with Gasteiger partial charge in [-0.1, -0.05) is 23.7 Å². The molecule has 0 bridgehead atoms. The number of anilines is 1. The SMILES string of the molecule is Cc1nnc(C2C[C@H](O)CN2C(=O)Nc2ccc(C(F)(F)F)cc2)n1Cc1ccc(Cl)cc1. The quantitative estimate of drug-likeness (QED) is 0.570. The van der Waals surface area contributed by atoms with E-state index in [4.69, 9.17) is 11.6 Å². The number of rotatable bonds is 4. The Balaban J connectivity index is 1.54. The molecule has 1 saturated heterocycles. The van der Waals surface area contributed by atoms with Gasteiger partial charge in [-0.2, -0.15) is 13.2 Å². The normalized spacial score (nSPS) is 18.5. The molecule has 1 unspecified atom stereocenters. The number of alkyl halides is 3. The number of aliphatic hydroxyl groups excluding tert-OH is 1. The van der Waals surface area contributed by atoms with Crippen LogP contribution in [0, 0.1) is 6.92 Å². The van der Waals surface area contributed by atoms with Gasteiger partial charge in [0.05, 0.1) is 24.3 Å². The molecule has 2 heterocycles. The van der Waals surface area contributed by atoms with Crippen LogP contribution in [0.1, 0.15) is 35.2 Å². The maximum Gasteiger partial charge on any atom is 0.416 e. The molecule has 3 aromatic rings. The topological polar surface area (TPSA) is 83.3 Å². The lowest BCUT2D eigenvalue weighted by molar-refractivity contribution is -0.137. The van der Waals surface area contributed by atoms with Crippen LogP contribution in [0.3, 0.4) is 0 Å². The summed E-state index contributed by atoms with van der Waals surface area (Å²) in [6.45, 7) is 2.31. The van der Waals surface area contributed by atoms with Gasteiger partial charge in [-0.3, -0.25) is 0 Å². The van der Waals surface area contributed by atoms with Gasteiger partial charge in [-0.15, -0.1) is 10.2 Å². The lowest BCUT2D eigenvalue weighted by atomic mass is 10.1. The minimum atomic E-state index is -4.46. The summed E-state index contributed by atoms with van der Waals surface area (Å²) in [4.78, 5) is 14.4. The van der Waals surface area contributed by atoms with Crippen molar-refractivity contribution in [3.05, 3.63) is 76.3 Å². The second kappa shape index (κ2) is 9.03. The molecular formula is C22H21ClF3N5O2. The number of nitrogens with one attached hydrogen (secondary N) is 1. The average Bonchev–Trinajstić information content (AvgIpc) is 3.32. The number of hydrogen-bond donors (Lipinski definition) is 2. The molecule has 0 aliphatic carbocycles. The van der Waals surface area contributed by atoms with Crippen LogP contribution >= 0.6 is 11.6 Å². The van der Waals surface area contributed by atoms with E-state index in [1.165, 1.54) is 17.0 Å². The van der Waals surface area contributed by atoms with Crippen molar-refractivity contribution in [1.29, 1.82) is 0 Å². The highest BCUT2D eigenvalue weighted by molar-refractivity contribution is 6.30. The predicted molar refractivity (Wildman–Crippen MR) is 116 cm³/mol. The van der Waals surface area contributed by atoms with Crippen molar-refractivity contribution >= 4 is 23.3 Å². The van der Waals surface area contributed by atoms with Crippen molar-refractivity contribution < 1.29 is 23.1 Å². The van der Waals surface area contributed by atoms with Crippen molar-refractivity contribution in [2.24, 2.45) is 0 Å². The van der Waals surface area contributed by atoms with Gasteiger partial charge in [-0.05, 0) is 48.9 Å². The first kappa shape index (κ1) is 23.1. The number of aliphatic hydroxyl groups is 1. The molecule has 1 aliphatic rings. The van der Waals surface area contributed by atoms with Crippen molar-refractivity contribution in [2.75, 3.05) is 11.9 Å². The summed E-state index contributed by atoms with van der Waals surface area (Å²) in [6, 6.07) is 10.4. The number of likely N-dealkylation sites (tertiary alicyclic amines) is 1. The Morgan fingerprint density at radius 3 is 2.45 bits per heavy atom. The van der Waals surface area contributed by atoms with Crippen LogP contribution < -0.4 is 5.32 Å². The van der Waals surface area contributed by atoms with Gasteiger partial charge in [-0.25, -0.2) is 4.79 Å². The average molecular weight is 480 g/mol. The summed E-state index contributed by atoms with van der Waals surface area (Å²) in [6.07, 6.45) is -4.97. The second-order valence-electron chi connectivity index (χ2n) is 7.88. The molecule has 2 amide bonds. The number of carbonyl (C=O) groups is 1. The minimum absolute atomic E-state index is 0.0595. The fourth-order valence-electron chi connectivity index (χ4n) is 3.83. The smallest absolute Gasteiger partial charge is 0.391 e. The number of urea groups is 1. The van der Waals surface area contributed by atoms with E-state index in [0.29, 0.717) is 23.2 Å². The van der Waals surface area contributed by atoms with E-state index >= 15 is 0 Å². The number of hydrogen-bond acceptors (Lipinski definition) is 4. The van der Waals surface area contributed by atoms with Gasteiger partial charge in [0.1, 0.15) is 5.82 Å². The molecule has 2 atom stereocenters. The number of benzene rings is 2. The maximum atomic E-state index is 12.9. The van der Waals surface area contributed by atoms with E-state index in [-0.39, 0.29) is 18.7 Å². The number of nitrogens with zero attached hydrogens (tertiary/aromatic N) is 4. The van der Waals surface area contributed by atoms with E-state index in [0.717, 1.165) is 17.7 Å². The molecular weight excluding hydrogens is 459 g/mol. The Hall–Kier alpha value is -3.11. The molecule has 174 valence electrons. The van der Waals surface area contributed by atoms with Crippen LogP contribution in [0.15, 0.2) is 48.5 Å². The van der Waals surface area contributed by atoms with Gasteiger partial charge < -0.3 is 19.9 Å². The standard InChI is InChI=1S/C22H21ClF3N5O2/c1-13-28-29-20(30(13)11-14-2-6-16(23)7-3-14)19-10-18(32)12-31(19)21(33)27-17-8-4-15(5-9-17)22(24,25)26/h2-9,18-19,32H,10-12H2,1H3,(H,27,33)/t18-,19?/m0/s1. The van der Waals surface area contributed by atoms with E-state index in [1.54, 1.807) is 19.1 Å². The summed E-state index contributed by atoms with van der Waals surface area (Å²) < 4.78 is 40.2. The Kier molecular flexibility index (Phi) is 6.31. The van der Waals surface area contributed by atoms with Crippen LogP contribution in [0.5, 0.6) is 0 Å². The highest BCUT2D eigenvalue weighted by Crippen LogP contribution is 2.33. The van der Waals surface area contributed by atoms with Gasteiger partial charge in [0.25, 0.3) is 0 Å². The maximum absolute atomic E-state index is 12.9. The zero-order valence-electron chi connectivity index (χ0n) is 17.6. The molecule has 2 aromatic carbocycles. The zero-order valence-corrected chi connectivity index (χ0v) is 18.3. The molecule has 2 N–H and O–H groups in total. The summed E-state index contributed by atoms with van der Waals surface area (Å²) in [5.41, 5.74) is 0.371. The predicted octanol–water partition coefficient (Wildman–Crippen LogP) is 4.65. The number of aromatic nitrogens is 3. The lowest BCUT2D eigenvalue weighted by Crippen LogP contribution is -2.36. The molecule has 1 fully saturated rings. The molecule has 0 radical (unpaired) electrons. The van der Waals surface area contributed by atoms with Crippen LogP contribution in [-0.2, 0) is 12.7 Å². The number of aryl methyl sites for hydroxylation is 1. The lowest BCUT2D eigenvalue weighted by Gasteiger charge is -2.25. The summed E-state index contributed by atoms with van der Waals surface area (Å²) in [7, 11) is 0. The van der Waals surface area contributed by atoms with Crippen LogP contribution in [-0.4, -0.2) is 43.5 Å². The van der Waals surface area contributed by atoms with E-state index in [9.17, 15) is 23.1 Å². The molecule has 1 aliphatic heterocycles. The minimum Gasteiger partial charge on any atom is -0.391 e. The number of β-amino-alcohol motifs (C(OH)–C–C–N with tert-alkyl or cyclic N) is 1. The molecule has 1 aromatic heterocycles. The first-order valence-electron chi connectivity index (χ1n) is 10.2. The van der Waals surface area contributed by atoms with Gasteiger partial charge in [0, 0.05) is 23.7 Å². The first-order valence-corrected chi connectivity index (χ1v) is 10.6. The molecule has 11 heteroatoms. The summed E-state index contributed by atoms with van der Waals surface area (Å²) in [5, 5.41) is 21.9. The highest BCUT2D eigenvalue weighted by Gasteiger charge is 2.39. The van der Waals surface area contributed by atoms with Gasteiger partial charge >= 0.3 is 12.2 Å². The molecule has 33 heavy (non-hydrogen) atoms. The summed E-state index contributed by atoms with van der Waals surface area (Å²) in [5.74, 6) is 1.16. The van der Waals surface area contributed by atoms with Crippen LogP contribution in [0.4, 0.5) is 23.7 Å². The van der Waals surface area contributed by atoms with Crippen molar-refractivity contribution in [3.8, 4) is 0 Å². The van der Waals surface area contributed by atoms with Crippen LogP contribution in [0.2, 0.25) is 5.02 Å². The Morgan fingerprint density at radius 2 is 1.82 bits per heavy atom. The van der Waals surface area contributed by atoms with Gasteiger partial charge in [0.15, 0.2) is 5.82 Å². The molecule has 0 spiro atoms. The molecule has 0 saturated carbocycles. The van der Waals surface area contributed by atoms with Gasteiger partial charge in [0.2, 0.25) is 0 Å². The number of halogens is 4. The third kappa shape index (κ3) is 5.12. The monoisotopic (exact) mass is 479 g/mol. The third-order valence-electron chi connectivity index (χ3n) is 5.52. The Labute approximate surface area is 192 Å². The zero-order chi connectivity index (χ0) is 23.8. The Morgan fingerprint density at radius 1 is 1.15 bits per heavy atom. The fraction of sp³-hybridized carbons (Fsp3) is 0.318. The highest BCUT2D eigenvalue weighted by atomic mass is 35.5. The summed E-state index contributed by atoms with van der Waals surface area (Å²) >= 11 is 5.96. The fourth-order valence-corrected chi connectivity index (χ4v) is 3.96. The van der Waals surface area contributed by atoms with Crippen molar-refractivity contribution in [1.82, 2.24) is 19.7 Å². The number of carbonyl (C=O) groups excluding carboxylic acids is 1. The van der Waals surface area contributed by atoms with Crippen LogP contribution in [0.25, 0.3) is 0 Å². The van der Waals surface area contributed by atoms with Crippen molar-refractivity contribution in [3.63, 3.8) is 0 Å². The van der Waals surface area contributed by atoms with Crippen molar-refractivity contribution in [2.45, 2.75) is 38.2 Å².